The third-order valence-corrected chi connectivity index (χ3v) is 3.33. The molecule has 21 heavy (non-hydrogen) atoms. The summed E-state index contributed by atoms with van der Waals surface area (Å²) in [5.41, 5.74) is 9.79. The van der Waals surface area contributed by atoms with E-state index in [2.05, 4.69) is 9.97 Å². The van der Waals surface area contributed by atoms with E-state index in [9.17, 15) is 0 Å². The summed E-state index contributed by atoms with van der Waals surface area (Å²) >= 11 is 0. The lowest BCUT2D eigenvalue weighted by Crippen LogP contribution is -1.97. The van der Waals surface area contributed by atoms with Crippen LogP contribution in [0.15, 0.2) is 55.1 Å². The largest absolute Gasteiger partial charge is 0.396 e. The molecule has 0 atom stereocenters. The Morgan fingerprint density at radius 2 is 1.95 bits per heavy atom. The number of aliphatic hydroxyl groups is 1. The first-order chi connectivity index (χ1) is 10.3. The van der Waals surface area contributed by atoms with Crippen molar-refractivity contribution in [3.05, 3.63) is 60.7 Å². The van der Waals surface area contributed by atoms with Gasteiger partial charge in [-0.1, -0.05) is 12.1 Å². The number of nitrogen functional groups attached to an aromatic ring is 1. The number of anilines is 1. The second kappa shape index (κ2) is 5.76. The fourth-order valence-electron chi connectivity index (χ4n) is 2.27. The molecule has 0 spiro atoms. The first-order valence-corrected chi connectivity index (χ1v) is 6.72. The highest BCUT2D eigenvalue weighted by Gasteiger charge is 2.07. The molecule has 3 N–H and O–H groups in total. The van der Waals surface area contributed by atoms with E-state index < -0.39 is 0 Å². The number of nitrogens with zero attached hydrogens (tertiary/aromatic N) is 3. The maximum Gasteiger partial charge on any atom is 0.123 e. The Bertz CT molecular complexity index is 734. The van der Waals surface area contributed by atoms with Gasteiger partial charge in [0.25, 0.3) is 0 Å². The van der Waals surface area contributed by atoms with Gasteiger partial charge in [-0.25, -0.2) is 9.97 Å². The fraction of sp³-hybridized carbons (Fsp3) is 0.125. The van der Waals surface area contributed by atoms with Gasteiger partial charge in [-0.15, -0.1) is 0 Å². The van der Waals surface area contributed by atoms with E-state index in [1.807, 2.05) is 41.0 Å². The first kappa shape index (κ1) is 13.3. The first-order valence-electron chi connectivity index (χ1n) is 6.72. The van der Waals surface area contributed by atoms with Crippen LogP contribution in [0.25, 0.3) is 16.9 Å². The zero-order chi connectivity index (χ0) is 14.7. The Labute approximate surface area is 122 Å². The number of imidazole rings is 1. The average molecular weight is 280 g/mol. The third kappa shape index (κ3) is 2.78. The van der Waals surface area contributed by atoms with Crippen molar-refractivity contribution >= 4 is 5.82 Å². The molecule has 2 aromatic heterocycles. The third-order valence-electron chi connectivity index (χ3n) is 3.33. The maximum atomic E-state index is 8.96. The zero-order valence-corrected chi connectivity index (χ0v) is 11.5. The molecule has 0 saturated carbocycles. The Kier molecular flexibility index (Phi) is 3.66. The second-order valence-electron chi connectivity index (χ2n) is 4.76. The fourth-order valence-corrected chi connectivity index (χ4v) is 2.27. The predicted octanol–water partition coefficient (Wildman–Crippen LogP) is 2.05. The van der Waals surface area contributed by atoms with Gasteiger partial charge >= 0.3 is 0 Å². The lowest BCUT2D eigenvalue weighted by molar-refractivity contribution is 0.299. The van der Waals surface area contributed by atoms with Gasteiger partial charge in [0.15, 0.2) is 0 Å². The van der Waals surface area contributed by atoms with Crippen molar-refractivity contribution in [2.45, 2.75) is 6.42 Å². The Morgan fingerprint density at radius 1 is 1.14 bits per heavy atom. The molecule has 0 unspecified atom stereocenters. The highest BCUT2D eigenvalue weighted by atomic mass is 16.2. The van der Waals surface area contributed by atoms with Crippen LogP contribution in [-0.2, 0) is 6.42 Å². The average Bonchev–Trinajstić information content (AvgIpc) is 2.98. The monoisotopic (exact) mass is 280 g/mol. The number of aliphatic hydroxyl groups excluding tert-OH is 1. The van der Waals surface area contributed by atoms with E-state index in [-0.39, 0.29) is 6.61 Å². The van der Waals surface area contributed by atoms with Crippen molar-refractivity contribution in [2.75, 3.05) is 12.3 Å². The Hall–Kier alpha value is -2.66. The Morgan fingerprint density at radius 3 is 2.67 bits per heavy atom. The van der Waals surface area contributed by atoms with Crippen LogP contribution in [0, 0.1) is 0 Å². The highest BCUT2D eigenvalue weighted by molar-refractivity contribution is 5.64. The van der Waals surface area contributed by atoms with Crippen LogP contribution in [0.1, 0.15) is 5.56 Å². The molecule has 2 heterocycles. The van der Waals surface area contributed by atoms with Gasteiger partial charge in [0.05, 0.1) is 18.2 Å². The summed E-state index contributed by atoms with van der Waals surface area (Å²) < 4.78 is 2.00. The van der Waals surface area contributed by atoms with Crippen molar-refractivity contribution in [2.24, 2.45) is 0 Å². The lowest BCUT2D eigenvalue weighted by atomic mass is 10.1. The number of nitrogens with two attached hydrogens (primary N) is 1. The van der Waals surface area contributed by atoms with Crippen molar-refractivity contribution < 1.29 is 5.11 Å². The highest BCUT2D eigenvalue weighted by Crippen LogP contribution is 2.23. The van der Waals surface area contributed by atoms with E-state index in [1.54, 1.807) is 18.7 Å². The molecule has 0 aliphatic heterocycles. The van der Waals surface area contributed by atoms with E-state index >= 15 is 0 Å². The van der Waals surface area contributed by atoms with Gasteiger partial charge in [0.2, 0.25) is 0 Å². The molecule has 0 bridgehead atoms. The standard InChI is InChI=1S/C16H16N4O/c17-16-9-13(5-7-19-16)15-10-18-11-20(15)14-3-1-12(2-4-14)6-8-21/h1-5,7,9-11,21H,6,8H2,(H2,17,19). The summed E-state index contributed by atoms with van der Waals surface area (Å²) in [4.78, 5) is 8.23. The molecular weight excluding hydrogens is 264 g/mol. The summed E-state index contributed by atoms with van der Waals surface area (Å²) in [5.74, 6) is 0.485. The molecule has 5 nitrogen and oxygen atoms in total. The van der Waals surface area contributed by atoms with Gasteiger partial charge in [0, 0.05) is 24.1 Å². The summed E-state index contributed by atoms with van der Waals surface area (Å²) in [7, 11) is 0. The van der Waals surface area contributed by atoms with Gasteiger partial charge in [-0.3, -0.25) is 4.57 Å². The minimum Gasteiger partial charge on any atom is -0.396 e. The van der Waals surface area contributed by atoms with E-state index in [0.29, 0.717) is 12.2 Å². The molecule has 0 aliphatic carbocycles. The van der Waals surface area contributed by atoms with Gasteiger partial charge in [-0.05, 0) is 36.2 Å². The zero-order valence-electron chi connectivity index (χ0n) is 11.5. The number of pyridine rings is 1. The molecule has 0 amide bonds. The molecule has 1 aromatic carbocycles. The smallest absolute Gasteiger partial charge is 0.123 e. The topological polar surface area (TPSA) is 77.0 Å². The van der Waals surface area contributed by atoms with Crippen molar-refractivity contribution in [3.8, 4) is 16.9 Å². The van der Waals surface area contributed by atoms with Crippen molar-refractivity contribution in [1.82, 2.24) is 14.5 Å². The summed E-state index contributed by atoms with van der Waals surface area (Å²) in [6, 6.07) is 11.8. The molecule has 106 valence electrons. The molecule has 0 aliphatic rings. The molecule has 3 aromatic rings. The SMILES string of the molecule is Nc1cc(-c2cncn2-c2ccc(CCO)cc2)ccn1. The number of rotatable bonds is 4. The van der Waals surface area contributed by atoms with Crippen LogP contribution in [0.2, 0.25) is 0 Å². The van der Waals surface area contributed by atoms with Gasteiger partial charge < -0.3 is 10.8 Å². The van der Waals surface area contributed by atoms with Crippen LogP contribution in [0.5, 0.6) is 0 Å². The molecule has 5 heteroatoms. The predicted molar refractivity (Wildman–Crippen MR) is 82.0 cm³/mol. The maximum absolute atomic E-state index is 8.96. The molecule has 3 rings (SSSR count). The van der Waals surface area contributed by atoms with Crippen LogP contribution < -0.4 is 5.73 Å². The van der Waals surface area contributed by atoms with E-state index in [0.717, 1.165) is 22.5 Å². The van der Waals surface area contributed by atoms with Crippen molar-refractivity contribution in [3.63, 3.8) is 0 Å². The molecule has 0 fully saturated rings. The van der Waals surface area contributed by atoms with Crippen LogP contribution in [0.4, 0.5) is 5.82 Å². The summed E-state index contributed by atoms with van der Waals surface area (Å²) in [5, 5.41) is 8.96. The van der Waals surface area contributed by atoms with Crippen molar-refractivity contribution in [1.29, 1.82) is 0 Å². The number of benzene rings is 1. The Balaban J connectivity index is 1.98. The second-order valence-corrected chi connectivity index (χ2v) is 4.76. The minimum atomic E-state index is 0.159. The normalized spacial score (nSPS) is 10.7. The van der Waals surface area contributed by atoms with Gasteiger partial charge in [-0.2, -0.15) is 0 Å². The molecule has 0 saturated heterocycles. The number of hydrogen-bond donors (Lipinski definition) is 2. The van der Waals surface area contributed by atoms with Crippen LogP contribution in [0.3, 0.4) is 0 Å². The van der Waals surface area contributed by atoms with Gasteiger partial charge in [0.1, 0.15) is 5.82 Å². The number of hydrogen-bond acceptors (Lipinski definition) is 4. The lowest BCUT2D eigenvalue weighted by Gasteiger charge is -2.09. The molecule has 0 radical (unpaired) electrons. The van der Waals surface area contributed by atoms with E-state index in [4.69, 9.17) is 10.8 Å². The number of aromatic nitrogens is 3. The summed E-state index contributed by atoms with van der Waals surface area (Å²) in [6.07, 6.45) is 5.92. The van der Waals surface area contributed by atoms with E-state index in [1.165, 1.54) is 0 Å². The van der Waals surface area contributed by atoms with Crippen LogP contribution >= 0.6 is 0 Å². The van der Waals surface area contributed by atoms with Crippen LogP contribution in [-0.4, -0.2) is 26.2 Å². The quantitative estimate of drug-likeness (QED) is 0.767. The molecular formula is C16H16N4O. The summed E-state index contributed by atoms with van der Waals surface area (Å²) in [6.45, 7) is 0.159. The minimum absolute atomic E-state index is 0.159.